The van der Waals surface area contributed by atoms with E-state index in [2.05, 4.69) is 4.74 Å². The molecule has 5 nitrogen and oxygen atoms in total. The van der Waals surface area contributed by atoms with E-state index < -0.39 is 17.9 Å². The monoisotopic (exact) mass is 175 g/mol. The topological polar surface area (TPSA) is 89.6 Å². The van der Waals surface area contributed by atoms with Crippen molar-refractivity contribution in [3.8, 4) is 0 Å². The van der Waals surface area contributed by atoms with Gasteiger partial charge in [0.1, 0.15) is 0 Å². The van der Waals surface area contributed by atoms with Crippen molar-refractivity contribution in [3.63, 3.8) is 0 Å². The van der Waals surface area contributed by atoms with Crippen molar-refractivity contribution >= 4 is 11.9 Å². The van der Waals surface area contributed by atoms with Crippen molar-refractivity contribution < 1.29 is 19.4 Å². The third-order valence-corrected chi connectivity index (χ3v) is 1.56. The average Bonchev–Trinajstić information content (AvgIpc) is 2.04. The summed E-state index contributed by atoms with van der Waals surface area (Å²) in [5.74, 6) is -2.03. The molecule has 0 fully saturated rings. The van der Waals surface area contributed by atoms with Crippen LogP contribution in [-0.2, 0) is 14.3 Å². The minimum Gasteiger partial charge on any atom is -0.481 e. The summed E-state index contributed by atoms with van der Waals surface area (Å²) in [6, 6.07) is 0. The zero-order valence-electron chi connectivity index (χ0n) is 6.95. The lowest BCUT2D eigenvalue weighted by molar-refractivity contribution is -0.143. The molecule has 0 aliphatic carbocycles. The van der Waals surface area contributed by atoms with Crippen molar-refractivity contribution in [2.45, 2.75) is 12.8 Å². The molecule has 1 unspecified atom stereocenters. The molecule has 0 aromatic rings. The molecular weight excluding hydrogens is 162 g/mol. The van der Waals surface area contributed by atoms with E-state index in [0.29, 0.717) is 0 Å². The number of hydrogen-bond acceptors (Lipinski definition) is 4. The molecule has 0 aliphatic heterocycles. The number of methoxy groups -OCH3 is 1. The van der Waals surface area contributed by atoms with Gasteiger partial charge in [0, 0.05) is 13.0 Å². The highest BCUT2D eigenvalue weighted by atomic mass is 16.5. The quantitative estimate of drug-likeness (QED) is 0.555. The van der Waals surface area contributed by atoms with Crippen molar-refractivity contribution in [3.05, 3.63) is 0 Å². The summed E-state index contributed by atoms with van der Waals surface area (Å²) in [6.45, 7) is 0.0479. The minimum absolute atomic E-state index is 0.0479. The van der Waals surface area contributed by atoms with Crippen LogP contribution in [0.4, 0.5) is 0 Å². The normalized spacial score (nSPS) is 12.2. The van der Waals surface area contributed by atoms with Crippen LogP contribution < -0.4 is 5.73 Å². The molecule has 3 N–H and O–H groups in total. The Morgan fingerprint density at radius 2 is 2.17 bits per heavy atom. The third-order valence-electron chi connectivity index (χ3n) is 1.56. The lowest BCUT2D eigenvalue weighted by Crippen LogP contribution is -2.24. The number of nitrogens with two attached hydrogens (primary N) is 1. The summed E-state index contributed by atoms with van der Waals surface area (Å²) in [5, 5.41) is 8.53. The number of carboxylic acids is 1. The van der Waals surface area contributed by atoms with Gasteiger partial charge in [0.2, 0.25) is 0 Å². The van der Waals surface area contributed by atoms with Crippen LogP contribution in [0, 0.1) is 5.92 Å². The Morgan fingerprint density at radius 1 is 1.58 bits per heavy atom. The highest BCUT2D eigenvalue weighted by Gasteiger charge is 2.16. The van der Waals surface area contributed by atoms with Gasteiger partial charge in [-0.1, -0.05) is 0 Å². The molecule has 0 spiro atoms. The molecule has 0 aromatic carbocycles. The summed E-state index contributed by atoms with van der Waals surface area (Å²) in [7, 11) is 1.26. The van der Waals surface area contributed by atoms with Gasteiger partial charge < -0.3 is 15.6 Å². The molecule has 70 valence electrons. The molecule has 0 rings (SSSR count). The summed E-state index contributed by atoms with van der Waals surface area (Å²) < 4.78 is 4.35. The van der Waals surface area contributed by atoms with Crippen LogP contribution in [0.3, 0.4) is 0 Å². The number of hydrogen-bond donors (Lipinski definition) is 2. The fraction of sp³-hybridized carbons (Fsp3) is 0.714. The van der Waals surface area contributed by atoms with Crippen molar-refractivity contribution in [1.82, 2.24) is 0 Å². The Morgan fingerprint density at radius 3 is 2.50 bits per heavy atom. The molecule has 0 heterocycles. The predicted molar refractivity (Wildman–Crippen MR) is 41.4 cm³/mol. The first-order valence-electron chi connectivity index (χ1n) is 3.61. The van der Waals surface area contributed by atoms with E-state index in [1.54, 1.807) is 0 Å². The fourth-order valence-electron chi connectivity index (χ4n) is 0.736. The Labute approximate surface area is 70.5 Å². The zero-order valence-corrected chi connectivity index (χ0v) is 6.95. The third kappa shape index (κ3) is 3.92. The van der Waals surface area contributed by atoms with Gasteiger partial charge in [-0.3, -0.25) is 9.59 Å². The summed E-state index contributed by atoms with van der Waals surface area (Å²) in [4.78, 5) is 21.0. The first-order chi connectivity index (χ1) is 5.61. The minimum atomic E-state index is -0.971. The van der Waals surface area contributed by atoms with E-state index in [1.165, 1.54) is 7.11 Å². The Hall–Kier alpha value is -1.10. The maximum absolute atomic E-state index is 10.6. The largest absolute Gasteiger partial charge is 0.481 e. The Balaban J connectivity index is 3.73. The van der Waals surface area contributed by atoms with Crippen molar-refractivity contribution in [1.29, 1.82) is 0 Å². The Bertz CT molecular complexity index is 169. The maximum Gasteiger partial charge on any atom is 0.307 e. The molecule has 0 bridgehead atoms. The first-order valence-corrected chi connectivity index (χ1v) is 3.61. The van der Waals surface area contributed by atoms with Gasteiger partial charge in [-0.25, -0.2) is 0 Å². The van der Waals surface area contributed by atoms with E-state index in [-0.39, 0.29) is 19.4 Å². The van der Waals surface area contributed by atoms with Gasteiger partial charge in [0.05, 0.1) is 13.0 Å². The second kappa shape index (κ2) is 5.54. The molecule has 0 radical (unpaired) electrons. The van der Waals surface area contributed by atoms with E-state index in [9.17, 15) is 9.59 Å². The second-order valence-corrected chi connectivity index (χ2v) is 2.39. The van der Waals surface area contributed by atoms with Gasteiger partial charge in [-0.2, -0.15) is 0 Å². The number of esters is 1. The molecule has 0 aromatic heterocycles. The van der Waals surface area contributed by atoms with Crippen LogP contribution in [0.1, 0.15) is 12.8 Å². The van der Waals surface area contributed by atoms with Gasteiger partial charge in [0.25, 0.3) is 0 Å². The number of rotatable bonds is 5. The fourth-order valence-corrected chi connectivity index (χ4v) is 0.736. The summed E-state index contributed by atoms with van der Waals surface area (Å²) in [5.41, 5.74) is 5.17. The second-order valence-electron chi connectivity index (χ2n) is 2.39. The smallest absolute Gasteiger partial charge is 0.307 e. The van der Waals surface area contributed by atoms with E-state index in [0.717, 1.165) is 0 Å². The zero-order chi connectivity index (χ0) is 9.56. The van der Waals surface area contributed by atoms with E-state index >= 15 is 0 Å². The standard InChI is InChI=1S/C7H13NO4/c1-12-6(9)3-2-5(4-8)7(10)11/h5H,2-4,8H2,1H3,(H,10,11). The summed E-state index contributed by atoms with van der Waals surface area (Å²) >= 11 is 0. The molecule has 0 aliphatic rings. The van der Waals surface area contributed by atoms with Gasteiger partial charge in [-0.15, -0.1) is 0 Å². The van der Waals surface area contributed by atoms with E-state index in [4.69, 9.17) is 10.8 Å². The number of carbonyl (C=O) groups is 2. The molecular formula is C7H13NO4. The van der Waals surface area contributed by atoms with Crippen LogP contribution in [0.15, 0.2) is 0 Å². The molecule has 0 amide bonds. The Kier molecular flexibility index (Phi) is 5.03. The van der Waals surface area contributed by atoms with Gasteiger partial charge in [0.15, 0.2) is 0 Å². The molecule has 1 atom stereocenters. The molecule has 5 heteroatoms. The van der Waals surface area contributed by atoms with Crippen LogP contribution >= 0.6 is 0 Å². The lowest BCUT2D eigenvalue weighted by atomic mass is 10.0. The van der Waals surface area contributed by atoms with Crippen LogP contribution in [0.5, 0.6) is 0 Å². The van der Waals surface area contributed by atoms with E-state index in [1.807, 2.05) is 0 Å². The average molecular weight is 175 g/mol. The number of carbonyl (C=O) groups excluding carboxylic acids is 1. The lowest BCUT2D eigenvalue weighted by Gasteiger charge is -2.07. The van der Waals surface area contributed by atoms with Crippen molar-refractivity contribution in [2.24, 2.45) is 11.7 Å². The number of carboxylic acid groups (broad SMARTS) is 1. The summed E-state index contributed by atoms with van der Waals surface area (Å²) in [6.07, 6.45) is 0.336. The van der Waals surface area contributed by atoms with Crippen molar-refractivity contribution in [2.75, 3.05) is 13.7 Å². The van der Waals surface area contributed by atoms with Gasteiger partial charge in [-0.05, 0) is 6.42 Å². The molecule has 0 saturated carbocycles. The SMILES string of the molecule is COC(=O)CCC(CN)C(=O)O. The highest BCUT2D eigenvalue weighted by molar-refractivity contribution is 5.73. The van der Waals surface area contributed by atoms with Gasteiger partial charge >= 0.3 is 11.9 Å². The number of ether oxygens (including phenoxy) is 1. The highest BCUT2D eigenvalue weighted by Crippen LogP contribution is 2.05. The van der Waals surface area contributed by atoms with Crippen LogP contribution in [-0.4, -0.2) is 30.7 Å². The maximum atomic E-state index is 10.6. The van der Waals surface area contributed by atoms with Crippen LogP contribution in [0.2, 0.25) is 0 Å². The molecule has 12 heavy (non-hydrogen) atoms. The first kappa shape index (κ1) is 10.9. The molecule has 0 saturated heterocycles. The predicted octanol–water partition coefficient (Wildman–Crippen LogP) is -0.401. The number of aliphatic carboxylic acids is 1. The van der Waals surface area contributed by atoms with Crippen LogP contribution in [0.25, 0.3) is 0 Å².